The van der Waals surface area contributed by atoms with Crippen LogP contribution in [0, 0.1) is 6.92 Å². The van der Waals surface area contributed by atoms with Crippen molar-refractivity contribution >= 4 is 22.3 Å². The Bertz CT molecular complexity index is 557. The molecule has 0 saturated heterocycles. The summed E-state index contributed by atoms with van der Waals surface area (Å²) in [6, 6.07) is 4.96. The lowest BCUT2D eigenvalue weighted by Crippen LogP contribution is -2.07. The lowest BCUT2D eigenvalue weighted by molar-refractivity contribution is 1.28. The maximum atomic E-state index is 11.2. The molecule has 0 aliphatic carbocycles. The topological polar surface area (TPSA) is 84.9 Å². The molecule has 1 aromatic heterocycles. The maximum Gasteiger partial charge on any atom is 0.248 e. The van der Waals surface area contributed by atoms with E-state index in [0.717, 1.165) is 16.5 Å². The molecule has 0 amide bonds. The highest BCUT2D eigenvalue weighted by Gasteiger charge is 2.05. The number of aryl methyl sites for hydroxylation is 1. The van der Waals surface area contributed by atoms with Crippen LogP contribution < -0.4 is 17.0 Å². The average Bonchev–Trinajstić information content (AvgIpc) is 2.10. The molecule has 72 valence electrons. The van der Waals surface area contributed by atoms with Crippen LogP contribution in [-0.2, 0) is 0 Å². The van der Waals surface area contributed by atoms with Crippen molar-refractivity contribution in [2.75, 3.05) is 11.5 Å². The summed E-state index contributed by atoms with van der Waals surface area (Å²) in [6.07, 6.45) is 0. The van der Waals surface area contributed by atoms with Gasteiger partial charge in [-0.2, -0.15) is 0 Å². The van der Waals surface area contributed by atoms with Gasteiger partial charge >= 0.3 is 0 Å². The van der Waals surface area contributed by atoms with E-state index in [0.29, 0.717) is 11.4 Å². The average molecular weight is 189 g/mol. The second-order valence-electron chi connectivity index (χ2n) is 3.31. The molecule has 14 heavy (non-hydrogen) atoms. The number of aromatic nitrogens is 1. The first kappa shape index (κ1) is 8.62. The first-order valence-corrected chi connectivity index (χ1v) is 4.27. The minimum Gasteiger partial charge on any atom is -0.397 e. The Morgan fingerprint density at radius 1 is 1.29 bits per heavy atom. The molecule has 0 fully saturated rings. The predicted molar refractivity (Wildman–Crippen MR) is 58.1 cm³/mol. The third kappa shape index (κ3) is 1.12. The van der Waals surface area contributed by atoms with E-state index in [1.54, 1.807) is 12.1 Å². The smallest absolute Gasteiger partial charge is 0.248 e. The summed E-state index contributed by atoms with van der Waals surface area (Å²) in [4.78, 5) is 13.9. The van der Waals surface area contributed by atoms with Gasteiger partial charge in [-0.1, -0.05) is 0 Å². The van der Waals surface area contributed by atoms with Gasteiger partial charge in [0.05, 0.1) is 16.9 Å². The van der Waals surface area contributed by atoms with Gasteiger partial charge in [0.2, 0.25) is 5.56 Å². The van der Waals surface area contributed by atoms with Gasteiger partial charge in [-0.15, -0.1) is 0 Å². The second kappa shape index (κ2) is 2.77. The Morgan fingerprint density at radius 3 is 2.71 bits per heavy atom. The number of aromatic amines is 1. The van der Waals surface area contributed by atoms with Crippen LogP contribution in [0.1, 0.15) is 5.56 Å². The standard InChI is InChI=1S/C10H11N3O/c1-5-4-8(14)13-7-3-2-6(11)10(12)9(5)7/h2-4H,11-12H2,1H3,(H,13,14). The van der Waals surface area contributed by atoms with Crippen molar-refractivity contribution in [3.63, 3.8) is 0 Å². The quantitative estimate of drug-likeness (QED) is 0.540. The molecule has 2 aromatic rings. The molecule has 5 N–H and O–H groups in total. The minimum atomic E-state index is -0.126. The van der Waals surface area contributed by atoms with Crippen molar-refractivity contribution in [3.8, 4) is 0 Å². The van der Waals surface area contributed by atoms with Gasteiger partial charge in [0, 0.05) is 11.5 Å². The Morgan fingerprint density at radius 2 is 2.00 bits per heavy atom. The van der Waals surface area contributed by atoms with Gasteiger partial charge in [-0.3, -0.25) is 4.79 Å². The van der Waals surface area contributed by atoms with Crippen LogP contribution in [0.5, 0.6) is 0 Å². The number of hydrogen-bond acceptors (Lipinski definition) is 3. The Labute approximate surface area is 80.5 Å². The Balaban J connectivity index is 3.03. The van der Waals surface area contributed by atoms with Crippen LogP contribution in [0.15, 0.2) is 23.0 Å². The number of nitrogens with two attached hydrogens (primary N) is 2. The van der Waals surface area contributed by atoms with Crippen LogP contribution in [0.25, 0.3) is 10.9 Å². The molecule has 0 aliphatic heterocycles. The molecule has 2 rings (SSSR count). The fourth-order valence-electron chi connectivity index (χ4n) is 1.60. The summed E-state index contributed by atoms with van der Waals surface area (Å²) < 4.78 is 0. The predicted octanol–water partition coefficient (Wildman–Crippen LogP) is 1.00. The number of nitrogens with one attached hydrogen (secondary N) is 1. The van der Waals surface area contributed by atoms with Crippen LogP contribution in [0.4, 0.5) is 11.4 Å². The lowest BCUT2D eigenvalue weighted by Gasteiger charge is -2.07. The van der Waals surface area contributed by atoms with E-state index >= 15 is 0 Å². The molecule has 0 bridgehead atoms. The van der Waals surface area contributed by atoms with E-state index in [1.807, 2.05) is 6.92 Å². The summed E-state index contributed by atoms with van der Waals surface area (Å²) >= 11 is 0. The number of rotatable bonds is 0. The van der Waals surface area contributed by atoms with E-state index in [1.165, 1.54) is 6.07 Å². The molecular weight excluding hydrogens is 178 g/mol. The maximum absolute atomic E-state index is 11.2. The first-order valence-electron chi connectivity index (χ1n) is 4.27. The molecule has 0 aliphatic rings. The van der Waals surface area contributed by atoms with E-state index in [4.69, 9.17) is 11.5 Å². The van der Waals surface area contributed by atoms with Crippen molar-refractivity contribution in [1.29, 1.82) is 0 Å². The highest BCUT2D eigenvalue weighted by atomic mass is 16.1. The fraction of sp³-hybridized carbons (Fsp3) is 0.100. The van der Waals surface area contributed by atoms with Crippen molar-refractivity contribution in [2.45, 2.75) is 6.92 Å². The lowest BCUT2D eigenvalue weighted by atomic mass is 10.1. The number of nitrogen functional groups attached to an aromatic ring is 2. The molecule has 1 heterocycles. The third-order valence-corrected chi connectivity index (χ3v) is 2.28. The van der Waals surface area contributed by atoms with Crippen molar-refractivity contribution in [3.05, 3.63) is 34.1 Å². The van der Waals surface area contributed by atoms with Crippen LogP contribution >= 0.6 is 0 Å². The minimum absolute atomic E-state index is 0.126. The van der Waals surface area contributed by atoms with Crippen LogP contribution in [0.3, 0.4) is 0 Å². The van der Waals surface area contributed by atoms with Gasteiger partial charge in [0.1, 0.15) is 0 Å². The van der Waals surface area contributed by atoms with E-state index < -0.39 is 0 Å². The number of anilines is 2. The zero-order valence-electron chi connectivity index (χ0n) is 7.79. The van der Waals surface area contributed by atoms with Gasteiger partial charge in [0.15, 0.2) is 0 Å². The number of fused-ring (bicyclic) bond motifs is 1. The Hall–Kier alpha value is -1.97. The second-order valence-corrected chi connectivity index (χ2v) is 3.31. The summed E-state index contributed by atoms with van der Waals surface area (Å²) in [6.45, 7) is 1.84. The highest BCUT2D eigenvalue weighted by molar-refractivity contribution is 5.98. The molecular formula is C10H11N3O. The molecule has 0 unspecified atom stereocenters. The SMILES string of the molecule is Cc1cc(=O)[nH]c2ccc(N)c(N)c12. The molecule has 4 nitrogen and oxygen atoms in total. The van der Waals surface area contributed by atoms with Gasteiger partial charge in [-0.25, -0.2) is 0 Å². The van der Waals surface area contributed by atoms with Crippen molar-refractivity contribution < 1.29 is 0 Å². The molecule has 0 radical (unpaired) electrons. The molecule has 0 spiro atoms. The number of benzene rings is 1. The summed E-state index contributed by atoms with van der Waals surface area (Å²) in [5.74, 6) is 0. The number of pyridine rings is 1. The van der Waals surface area contributed by atoms with Gasteiger partial charge in [0.25, 0.3) is 0 Å². The zero-order chi connectivity index (χ0) is 10.3. The van der Waals surface area contributed by atoms with Gasteiger partial charge in [-0.05, 0) is 24.6 Å². The van der Waals surface area contributed by atoms with Crippen LogP contribution in [-0.4, -0.2) is 4.98 Å². The fourth-order valence-corrected chi connectivity index (χ4v) is 1.60. The molecule has 4 heteroatoms. The van der Waals surface area contributed by atoms with E-state index in [9.17, 15) is 4.79 Å². The van der Waals surface area contributed by atoms with Crippen molar-refractivity contribution in [1.82, 2.24) is 4.98 Å². The zero-order valence-corrected chi connectivity index (χ0v) is 7.79. The van der Waals surface area contributed by atoms with Crippen molar-refractivity contribution in [2.24, 2.45) is 0 Å². The largest absolute Gasteiger partial charge is 0.397 e. The molecule has 0 atom stereocenters. The van der Waals surface area contributed by atoms with Gasteiger partial charge < -0.3 is 16.5 Å². The monoisotopic (exact) mass is 189 g/mol. The van der Waals surface area contributed by atoms with E-state index in [2.05, 4.69) is 4.98 Å². The number of hydrogen-bond donors (Lipinski definition) is 3. The van der Waals surface area contributed by atoms with E-state index in [-0.39, 0.29) is 5.56 Å². The highest BCUT2D eigenvalue weighted by Crippen LogP contribution is 2.26. The number of H-pyrrole nitrogens is 1. The first-order chi connectivity index (χ1) is 6.59. The summed E-state index contributed by atoms with van der Waals surface area (Å²) in [5.41, 5.74) is 14.0. The van der Waals surface area contributed by atoms with Crippen LogP contribution in [0.2, 0.25) is 0 Å². The summed E-state index contributed by atoms with van der Waals surface area (Å²) in [5, 5.41) is 0.824. The molecule has 1 aromatic carbocycles. The normalized spacial score (nSPS) is 10.6. The third-order valence-electron chi connectivity index (χ3n) is 2.28. The Kier molecular flexibility index (Phi) is 1.70. The molecule has 0 saturated carbocycles. The summed E-state index contributed by atoms with van der Waals surface area (Å²) in [7, 11) is 0.